The summed E-state index contributed by atoms with van der Waals surface area (Å²) in [4.78, 5) is 0. The van der Waals surface area contributed by atoms with E-state index >= 15 is 0 Å². The Morgan fingerprint density at radius 1 is 1.30 bits per heavy atom. The molecule has 60 valence electrons. The Bertz CT molecular complexity index is 93.4. The Balaban J connectivity index is 2.35. The Hall–Kier alpha value is -0.0800. The van der Waals surface area contributed by atoms with Crippen LogP contribution in [0, 0.1) is 5.92 Å². The van der Waals surface area contributed by atoms with Crippen LogP contribution in [0.15, 0.2) is 0 Å². The fourth-order valence-corrected chi connectivity index (χ4v) is 1.69. The molecule has 0 aliphatic carbocycles. The van der Waals surface area contributed by atoms with Gasteiger partial charge in [-0.2, -0.15) is 0 Å². The van der Waals surface area contributed by atoms with Crippen LogP contribution in [0.25, 0.3) is 0 Å². The summed E-state index contributed by atoms with van der Waals surface area (Å²) in [6, 6.07) is 0. The molecule has 0 aromatic heterocycles. The van der Waals surface area contributed by atoms with Gasteiger partial charge in [-0.1, -0.05) is 0 Å². The minimum Gasteiger partial charge on any atom is -0.396 e. The zero-order chi connectivity index (χ0) is 7.56. The molecule has 1 fully saturated rings. The molecule has 2 nitrogen and oxygen atoms in total. The van der Waals surface area contributed by atoms with E-state index in [1.54, 1.807) is 0 Å². The first-order chi connectivity index (χ1) is 4.72. The molecule has 0 spiro atoms. The zero-order valence-electron chi connectivity index (χ0n) is 6.71. The number of hydrogen-bond donors (Lipinski definition) is 1. The van der Waals surface area contributed by atoms with Gasteiger partial charge in [0.25, 0.3) is 0 Å². The SMILES string of the molecule is CC1CC(CO)CC(C)O1. The van der Waals surface area contributed by atoms with Gasteiger partial charge in [-0.25, -0.2) is 0 Å². The second kappa shape index (κ2) is 3.35. The minimum absolute atomic E-state index is 0.318. The standard InChI is InChI=1S/C8H16O2/c1-6-3-8(5-9)4-7(2)10-6/h6-9H,3-5H2,1-2H3. The van der Waals surface area contributed by atoms with Crippen LogP contribution >= 0.6 is 0 Å². The summed E-state index contributed by atoms with van der Waals surface area (Å²) in [5, 5.41) is 8.87. The van der Waals surface area contributed by atoms with Crippen molar-refractivity contribution in [2.75, 3.05) is 6.61 Å². The van der Waals surface area contributed by atoms with Crippen molar-refractivity contribution in [1.82, 2.24) is 0 Å². The molecule has 0 amide bonds. The molecule has 2 unspecified atom stereocenters. The minimum atomic E-state index is 0.318. The van der Waals surface area contributed by atoms with Gasteiger partial charge in [-0.3, -0.25) is 0 Å². The highest BCUT2D eigenvalue weighted by molar-refractivity contribution is 4.72. The normalized spacial score (nSPS) is 41.7. The van der Waals surface area contributed by atoms with E-state index in [0.717, 1.165) is 12.8 Å². The van der Waals surface area contributed by atoms with Gasteiger partial charge in [-0.15, -0.1) is 0 Å². The van der Waals surface area contributed by atoms with Crippen LogP contribution in [0.3, 0.4) is 0 Å². The fraction of sp³-hybridized carbons (Fsp3) is 1.00. The monoisotopic (exact) mass is 144 g/mol. The second-order valence-electron chi connectivity index (χ2n) is 3.28. The number of hydrogen-bond acceptors (Lipinski definition) is 2. The predicted molar refractivity (Wildman–Crippen MR) is 39.8 cm³/mol. The first kappa shape index (κ1) is 8.02. The predicted octanol–water partition coefficient (Wildman–Crippen LogP) is 1.18. The molecular weight excluding hydrogens is 128 g/mol. The van der Waals surface area contributed by atoms with E-state index in [2.05, 4.69) is 13.8 Å². The van der Waals surface area contributed by atoms with Crippen molar-refractivity contribution in [2.45, 2.75) is 38.9 Å². The highest BCUT2D eigenvalue weighted by Gasteiger charge is 2.23. The average Bonchev–Trinajstić information content (AvgIpc) is 1.85. The molecule has 1 rings (SSSR count). The van der Waals surface area contributed by atoms with Crippen LogP contribution in [-0.2, 0) is 4.74 Å². The van der Waals surface area contributed by atoms with Crippen LogP contribution in [0.1, 0.15) is 26.7 Å². The Kier molecular flexibility index (Phi) is 2.69. The molecular formula is C8H16O2. The van der Waals surface area contributed by atoms with E-state index in [9.17, 15) is 0 Å². The molecule has 1 saturated heterocycles. The van der Waals surface area contributed by atoms with Gasteiger partial charge in [0.2, 0.25) is 0 Å². The number of aliphatic hydroxyl groups excluding tert-OH is 1. The number of ether oxygens (including phenoxy) is 1. The van der Waals surface area contributed by atoms with Crippen LogP contribution in [0.2, 0.25) is 0 Å². The summed E-state index contributed by atoms with van der Waals surface area (Å²) in [5.74, 6) is 0.471. The maximum atomic E-state index is 8.87. The van der Waals surface area contributed by atoms with Crippen LogP contribution in [0.5, 0.6) is 0 Å². The molecule has 0 bridgehead atoms. The molecule has 0 aromatic carbocycles. The highest BCUT2D eigenvalue weighted by atomic mass is 16.5. The maximum absolute atomic E-state index is 8.87. The van der Waals surface area contributed by atoms with Crippen molar-refractivity contribution in [3.05, 3.63) is 0 Å². The highest BCUT2D eigenvalue weighted by Crippen LogP contribution is 2.23. The van der Waals surface area contributed by atoms with Crippen LogP contribution in [0.4, 0.5) is 0 Å². The second-order valence-corrected chi connectivity index (χ2v) is 3.28. The third-order valence-electron chi connectivity index (χ3n) is 2.05. The van der Waals surface area contributed by atoms with E-state index in [0.29, 0.717) is 24.7 Å². The van der Waals surface area contributed by atoms with Crippen molar-refractivity contribution >= 4 is 0 Å². The molecule has 1 aliphatic rings. The van der Waals surface area contributed by atoms with Gasteiger partial charge >= 0.3 is 0 Å². The molecule has 0 radical (unpaired) electrons. The van der Waals surface area contributed by atoms with Gasteiger partial charge < -0.3 is 9.84 Å². The summed E-state index contributed by atoms with van der Waals surface area (Å²) in [6.07, 6.45) is 2.70. The maximum Gasteiger partial charge on any atom is 0.0554 e. The molecule has 2 atom stereocenters. The largest absolute Gasteiger partial charge is 0.396 e. The number of rotatable bonds is 1. The fourth-order valence-electron chi connectivity index (χ4n) is 1.69. The quantitative estimate of drug-likeness (QED) is 0.599. The molecule has 2 heteroatoms. The molecule has 1 aliphatic heterocycles. The summed E-state index contributed by atoms with van der Waals surface area (Å²) in [6.45, 7) is 4.45. The summed E-state index contributed by atoms with van der Waals surface area (Å²) in [7, 11) is 0. The Labute approximate surface area is 62.2 Å². The lowest BCUT2D eigenvalue weighted by Gasteiger charge is -2.30. The zero-order valence-corrected chi connectivity index (χ0v) is 6.71. The van der Waals surface area contributed by atoms with E-state index < -0.39 is 0 Å². The van der Waals surface area contributed by atoms with Crippen molar-refractivity contribution < 1.29 is 9.84 Å². The summed E-state index contributed by atoms with van der Waals surface area (Å²) >= 11 is 0. The van der Waals surface area contributed by atoms with Crippen molar-refractivity contribution in [3.63, 3.8) is 0 Å². The smallest absolute Gasteiger partial charge is 0.0554 e. The van der Waals surface area contributed by atoms with E-state index in [1.807, 2.05) is 0 Å². The molecule has 0 aromatic rings. The first-order valence-corrected chi connectivity index (χ1v) is 3.98. The lowest BCUT2D eigenvalue weighted by Crippen LogP contribution is -2.30. The van der Waals surface area contributed by atoms with Gasteiger partial charge in [0.05, 0.1) is 12.2 Å². The lowest BCUT2D eigenvalue weighted by atomic mass is 9.94. The van der Waals surface area contributed by atoms with Crippen molar-refractivity contribution in [1.29, 1.82) is 0 Å². The van der Waals surface area contributed by atoms with E-state index in [1.165, 1.54) is 0 Å². The summed E-state index contributed by atoms with van der Waals surface area (Å²) in [5.41, 5.74) is 0. The van der Waals surface area contributed by atoms with Gasteiger partial charge in [0.1, 0.15) is 0 Å². The molecule has 0 saturated carbocycles. The Morgan fingerprint density at radius 3 is 2.20 bits per heavy atom. The van der Waals surface area contributed by atoms with Crippen LogP contribution < -0.4 is 0 Å². The molecule has 1 N–H and O–H groups in total. The molecule has 1 heterocycles. The van der Waals surface area contributed by atoms with Gasteiger partial charge in [0, 0.05) is 6.61 Å². The Morgan fingerprint density at radius 2 is 1.80 bits per heavy atom. The van der Waals surface area contributed by atoms with E-state index in [4.69, 9.17) is 9.84 Å². The molecule has 10 heavy (non-hydrogen) atoms. The van der Waals surface area contributed by atoms with Crippen molar-refractivity contribution in [2.24, 2.45) is 5.92 Å². The van der Waals surface area contributed by atoms with Gasteiger partial charge in [-0.05, 0) is 32.6 Å². The average molecular weight is 144 g/mol. The van der Waals surface area contributed by atoms with E-state index in [-0.39, 0.29) is 0 Å². The summed E-state index contributed by atoms with van der Waals surface area (Å²) < 4.78 is 5.51. The lowest BCUT2D eigenvalue weighted by molar-refractivity contribution is -0.0612. The third kappa shape index (κ3) is 1.96. The topological polar surface area (TPSA) is 29.5 Å². The van der Waals surface area contributed by atoms with Crippen LogP contribution in [-0.4, -0.2) is 23.9 Å². The third-order valence-corrected chi connectivity index (χ3v) is 2.05. The first-order valence-electron chi connectivity index (χ1n) is 3.98. The number of aliphatic hydroxyl groups is 1. The van der Waals surface area contributed by atoms with Crippen molar-refractivity contribution in [3.8, 4) is 0 Å². The van der Waals surface area contributed by atoms with Gasteiger partial charge in [0.15, 0.2) is 0 Å².